The van der Waals surface area contributed by atoms with Crippen molar-refractivity contribution in [1.82, 2.24) is 0 Å². The van der Waals surface area contributed by atoms with Crippen molar-refractivity contribution in [2.45, 2.75) is 24.1 Å². The fourth-order valence-electron chi connectivity index (χ4n) is 0.760. The molecule has 18 heavy (non-hydrogen) atoms. The molecule has 0 aromatic carbocycles. The van der Waals surface area contributed by atoms with E-state index < -0.39 is 35.5 Å². The number of hydrogen-bond donors (Lipinski definition) is 0. The van der Waals surface area contributed by atoms with Crippen LogP contribution in [-0.4, -0.2) is 35.4 Å². The van der Waals surface area contributed by atoms with Gasteiger partial charge in [-0.2, -0.15) is 43.7 Å². The van der Waals surface area contributed by atoms with E-state index in [0.717, 1.165) is 0 Å². The van der Waals surface area contributed by atoms with E-state index in [1.54, 1.807) is 0 Å². The Morgan fingerprint density at radius 2 is 1.06 bits per heavy atom. The molecular formula is C5H3F9O3S. The standard InChI is InChI=1S/C5H3F9O3S/c1-16-18(15)17-2(3(6,7)8,4(9,10)11)5(12,13)14/h1H3. The third-order valence-corrected chi connectivity index (χ3v) is 2.18. The van der Waals surface area contributed by atoms with Crippen molar-refractivity contribution in [2.75, 3.05) is 7.11 Å². The average Bonchev–Trinajstić information content (AvgIpc) is 2.07. The maximum Gasteiger partial charge on any atom is 0.437 e. The zero-order chi connectivity index (χ0) is 15.0. The van der Waals surface area contributed by atoms with Crippen molar-refractivity contribution in [3.63, 3.8) is 0 Å². The van der Waals surface area contributed by atoms with Gasteiger partial charge in [-0.25, -0.2) is 4.18 Å². The molecule has 0 amide bonds. The highest BCUT2D eigenvalue weighted by molar-refractivity contribution is 7.75. The molecule has 0 rings (SSSR count). The molecule has 3 nitrogen and oxygen atoms in total. The highest BCUT2D eigenvalue weighted by Crippen LogP contribution is 2.55. The van der Waals surface area contributed by atoms with E-state index in [2.05, 4.69) is 8.37 Å². The lowest BCUT2D eigenvalue weighted by atomic mass is 10.0. The summed E-state index contributed by atoms with van der Waals surface area (Å²) in [5.74, 6) is 0. The Hall–Kier alpha value is -0.560. The van der Waals surface area contributed by atoms with E-state index in [1.165, 1.54) is 0 Å². The van der Waals surface area contributed by atoms with Crippen LogP contribution in [0.25, 0.3) is 0 Å². The third-order valence-electron chi connectivity index (χ3n) is 1.53. The molecule has 0 aromatic rings. The second kappa shape index (κ2) is 4.85. The zero-order valence-electron chi connectivity index (χ0n) is 8.03. The van der Waals surface area contributed by atoms with Crippen LogP contribution in [0.2, 0.25) is 0 Å². The van der Waals surface area contributed by atoms with Crippen molar-refractivity contribution in [1.29, 1.82) is 0 Å². The Morgan fingerprint density at radius 1 is 0.778 bits per heavy atom. The lowest BCUT2D eigenvalue weighted by Crippen LogP contribution is -2.67. The van der Waals surface area contributed by atoms with Crippen molar-refractivity contribution >= 4 is 11.4 Å². The second-order valence-corrected chi connectivity index (χ2v) is 3.54. The van der Waals surface area contributed by atoms with E-state index in [1.807, 2.05) is 0 Å². The summed E-state index contributed by atoms with van der Waals surface area (Å²) < 4.78 is 125. The van der Waals surface area contributed by atoms with Gasteiger partial charge in [0.2, 0.25) is 0 Å². The lowest BCUT2D eigenvalue weighted by Gasteiger charge is -2.36. The zero-order valence-corrected chi connectivity index (χ0v) is 8.85. The summed E-state index contributed by atoms with van der Waals surface area (Å²) in [6.07, 6.45) is -20.8. The first-order valence-electron chi connectivity index (χ1n) is 3.56. The van der Waals surface area contributed by atoms with Gasteiger partial charge in [0, 0.05) is 0 Å². The van der Waals surface area contributed by atoms with Crippen LogP contribution < -0.4 is 0 Å². The number of alkyl halides is 9. The van der Waals surface area contributed by atoms with Gasteiger partial charge in [-0.3, -0.25) is 4.18 Å². The van der Waals surface area contributed by atoms with E-state index in [-0.39, 0.29) is 0 Å². The SMILES string of the molecule is COS(=O)OC(C(F)(F)F)(C(F)(F)F)C(F)(F)F. The van der Waals surface area contributed by atoms with Gasteiger partial charge in [0.1, 0.15) is 0 Å². The van der Waals surface area contributed by atoms with Crippen LogP contribution >= 0.6 is 0 Å². The molecule has 0 saturated heterocycles. The summed E-state index contributed by atoms with van der Waals surface area (Å²) in [6, 6.07) is 0. The quantitative estimate of drug-likeness (QED) is 0.751. The molecule has 1 unspecified atom stereocenters. The molecule has 0 heterocycles. The van der Waals surface area contributed by atoms with E-state index >= 15 is 0 Å². The van der Waals surface area contributed by atoms with Crippen molar-refractivity contribution in [3.8, 4) is 0 Å². The molecule has 1 atom stereocenters. The first kappa shape index (κ1) is 17.4. The fraction of sp³-hybridized carbons (Fsp3) is 1.00. The lowest BCUT2D eigenvalue weighted by molar-refractivity contribution is -0.436. The predicted molar refractivity (Wildman–Crippen MR) is 37.1 cm³/mol. The topological polar surface area (TPSA) is 35.5 Å². The van der Waals surface area contributed by atoms with Gasteiger partial charge in [0.05, 0.1) is 7.11 Å². The average molecular weight is 314 g/mol. The van der Waals surface area contributed by atoms with Gasteiger partial charge in [-0.1, -0.05) is 0 Å². The maximum absolute atomic E-state index is 12.1. The molecule has 0 radical (unpaired) electrons. The third kappa shape index (κ3) is 2.88. The number of rotatable bonds is 3. The smallest absolute Gasteiger partial charge is 0.272 e. The van der Waals surface area contributed by atoms with E-state index in [9.17, 15) is 43.7 Å². The van der Waals surface area contributed by atoms with Crippen molar-refractivity contribution in [3.05, 3.63) is 0 Å². The van der Waals surface area contributed by atoms with Gasteiger partial charge in [0.15, 0.2) is 0 Å². The molecule has 0 spiro atoms. The summed E-state index contributed by atoms with van der Waals surface area (Å²) in [5, 5.41) is 0. The van der Waals surface area contributed by atoms with Crippen LogP contribution in [0, 0.1) is 0 Å². The molecule has 110 valence electrons. The first-order chi connectivity index (χ1) is 7.70. The highest BCUT2D eigenvalue weighted by atomic mass is 32.2. The van der Waals surface area contributed by atoms with Crippen LogP contribution in [0.5, 0.6) is 0 Å². The van der Waals surface area contributed by atoms with Crippen LogP contribution in [0.1, 0.15) is 0 Å². The summed E-state index contributed by atoms with van der Waals surface area (Å²) >= 11 is -3.90. The van der Waals surface area contributed by atoms with Gasteiger partial charge in [-0.05, 0) is 0 Å². The Labute approximate surface area is 95.7 Å². The normalized spacial score (nSPS) is 16.8. The molecule has 0 aromatic heterocycles. The number of hydrogen-bond acceptors (Lipinski definition) is 3. The Kier molecular flexibility index (Phi) is 4.69. The molecule has 0 aliphatic rings. The Morgan fingerprint density at radius 3 is 1.22 bits per heavy atom. The molecule has 0 bridgehead atoms. The molecule has 0 aliphatic carbocycles. The summed E-state index contributed by atoms with van der Waals surface area (Å²) in [7, 11) is 0.296. The second-order valence-electron chi connectivity index (χ2n) is 2.63. The Balaban J connectivity index is 6.00. The van der Waals surface area contributed by atoms with Crippen LogP contribution in [0.3, 0.4) is 0 Å². The van der Waals surface area contributed by atoms with Crippen molar-refractivity contribution in [2.24, 2.45) is 0 Å². The van der Waals surface area contributed by atoms with Gasteiger partial charge in [-0.15, -0.1) is 0 Å². The monoisotopic (exact) mass is 314 g/mol. The first-order valence-corrected chi connectivity index (χ1v) is 4.56. The summed E-state index contributed by atoms with van der Waals surface area (Å²) in [5.41, 5.74) is -6.59. The minimum absolute atomic E-state index is 0.296. The molecule has 0 saturated carbocycles. The van der Waals surface area contributed by atoms with E-state index in [0.29, 0.717) is 7.11 Å². The van der Waals surface area contributed by atoms with Crippen LogP contribution in [-0.2, 0) is 19.7 Å². The predicted octanol–water partition coefficient (Wildman–Crippen LogP) is 2.65. The molecule has 13 heteroatoms. The van der Waals surface area contributed by atoms with Crippen LogP contribution in [0.15, 0.2) is 0 Å². The van der Waals surface area contributed by atoms with Gasteiger partial charge >= 0.3 is 35.5 Å². The summed E-state index contributed by atoms with van der Waals surface area (Å²) in [4.78, 5) is 0. The number of halogens is 9. The van der Waals surface area contributed by atoms with Gasteiger partial charge in [0.25, 0.3) is 0 Å². The minimum Gasteiger partial charge on any atom is -0.272 e. The van der Waals surface area contributed by atoms with E-state index in [4.69, 9.17) is 0 Å². The largest absolute Gasteiger partial charge is 0.437 e. The highest BCUT2D eigenvalue weighted by Gasteiger charge is 2.86. The molecule has 0 fully saturated rings. The minimum atomic E-state index is -6.93. The Bertz CT molecular complexity index is 280. The van der Waals surface area contributed by atoms with Crippen LogP contribution in [0.4, 0.5) is 39.5 Å². The molecule has 0 aliphatic heterocycles. The fourth-order valence-corrected chi connectivity index (χ4v) is 1.32. The molecule has 0 N–H and O–H groups in total. The molecular weight excluding hydrogens is 311 g/mol. The van der Waals surface area contributed by atoms with Crippen molar-refractivity contribution < 1.29 is 52.1 Å². The summed E-state index contributed by atoms with van der Waals surface area (Å²) in [6.45, 7) is 0. The van der Waals surface area contributed by atoms with Gasteiger partial charge < -0.3 is 0 Å². The maximum atomic E-state index is 12.1.